The third-order valence-electron chi connectivity index (χ3n) is 4.61. The van der Waals surface area contributed by atoms with Crippen LogP contribution in [0.1, 0.15) is 44.1 Å². The number of amides is 1. The highest BCUT2D eigenvalue weighted by atomic mass is 16.4. The first-order chi connectivity index (χ1) is 12.1. The Balaban J connectivity index is 2.06. The predicted octanol–water partition coefficient (Wildman–Crippen LogP) is 2.94. The van der Waals surface area contributed by atoms with E-state index in [0.29, 0.717) is 6.54 Å². The minimum atomic E-state index is -0.983. The van der Waals surface area contributed by atoms with Gasteiger partial charge in [-0.3, -0.25) is 9.59 Å². The van der Waals surface area contributed by atoms with E-state index in [1.54, 1.807) is 0 Å². The number of carboxylic acid groups (broad SMARTS) is 1. The SMILES string of the molecule is O=C(O)CC(CO)CC(=O)N1CCCCCC1/C=C/c1ccccc1. The van der Waals surface area contributed by atoms with Gasteiger partial charge in [-0.15, -0.1) is 0 Å². The Hall–Kier alpha value is -2.14. The maximum atomic E-state index is 12.7. The van der Waals surface area contributed by atoms with Crippen LogP contribution in [0.15, 0.2) is 36.4 Å². The lowest BCUT2D eigenvalue weighted by Gasteiger charge is -2.29. The van der Waals surface area contributed by atoms with Crippen molar-refractivity contribution in [2.24, 2.45) is 5.92 Å². The fraction of sp³-hybridized carbons (Fsp3) is 0.500. The van der Waals surface area contributed by atoms with E-state index in [1.165, 1.54) is 0 Å². The van der Waals surface area contributed by atoms with Gasteiger partial charge in [-0.2, -0.15) is 0 Å². The van der Waals surface area contributed by atoms with E-state index in [9.17, 15) is 14.7 Å². The second kappa shape index (κ2) is 9.99. The Morgan fingerprint density at radius 3 is 2.60 bits per heavy atom. The van der Waals surface area contributed by atoms with E-state index in [4.69, 9.17) is 5.11 Å². The minimum Gasteiger partial charge on any atom is -0.481 e. The summed E-state index contributed by atoms with van der Waals surface area (Å²) in [6.07, 6.45) is 8.06. The van der Waals surface area contributed by atoms with Gasteiger partial charge in [0, 0.05) is 25.5 Å². The maximum absolute atomic E-state index is 12.7. The number of nitrogens with zero attached hydrogens (tertiary/aromatic N) is 1. The number of hydrogen-bond donors (Lipinski definition) is 2. The quantitative estimate of drug-likeness (QED) is 0.796. The summed E-state index contributed by atoms with van der Waals surface area (Å²) in [5, 5.41) is 18.2. The third kappa shape index (κ3) is 6.35. The number of carboxylic acids is 1. The van der Waals surface area contributed by atoms with Crippen molar-refractivity contribution in [3.05, 3.63) is 42.0 Å². The number of rotatable bonds is 7. The van der Waals surface area contributed by atoms with Gasteiger partial charge in [0.25, 0.3) is 0 Å². The Morgan fingerprint density at radius 2 is 1.92 bits per heavy atom. The molecule has 0 spiro atoms. The van der Waals surface area contributed by atoms with Crippen LogP contribution < -0.4 is 0 Å². The first kappa shape index (κ1) is 19.2. The minimum absolute atomic E-state index is 0.0272. The van der Waals surface area contributed by atoms with E-state index in [0.717, 1.165) is 31.2 Å². The lowest BCUT2D eigenvalue weighted by molar-refractivity contribution is -0.139. The van der Waals surface area contributed by atoms with Crippen LogP contribution in [0, 0.1) is 5.92 Å². The van der Waals surface area contributed by atoms with Crippen LogP contribution >= 0.6 is 0 Å². The monoisotopic (exact) mass is 345 g/mol. The number of aliphatic hydroxyl groups is 1. The summed E-state index contributed by atoms with van der Waals surface area (Å²) in [6.45, 7) is 0.407. The number of hydrogen-bond acceptors (Lipinski definition) is 3. The molecule has 2 atom stereocenters. The molecule has 5 nitrogen and oxygen atoms in total. The van der Waals surface area contributed by atoms with E-state index in [2.05, 4.69) is 6.08 Å². The lowest BCUT2D eigenvalue weighted by Crippen LogP contribution is -2.40. The van der Waals surface area contributed by atoms with E-state index in [-0.39, 0.29) is 31.4 Å². The Labute approximate surface area is 149 Å². The number of aliphatic hydroxyl groups excluding tert-OH is 1. The molecule has 1 amide bonds. The molecule has 1 fully saturated rings. The van der Waals surface area contributed by atoms with Crippen molar-refractivity contribution in [3.8, 4) is 0 Å². The molecule has 1 aromatic rings. The molecule has 136 valence electrons. The third-order valence-corrected chi connectivity index (χ3v) is 4.61. The van der Waals surface area contributed by atoms with Crippen LogP contribution in [0.4, 0.5) is 0 Å². The van der Waals surface area contributed by atoms with Gasteiger partial charge in [0.15, 0.2) is 0 Å². The van der Waals surface area contributed by atoms with Crippen molar-refractivity contribution in [1.82, 2.24) is 4.90 Å². The molecule has 1 aliphatic heterocycles. The van der Waals surface area contributed by atoms with Crippen molar-refractivity contribution in [1.29, 1.82) is 0 Å². The van der Waals surface area contributed by atoms with Crippen LogP contribution in [-0.2, 0) is 9.59 Å². The molecule has 0 radical (unpaired) electrons. The van der Waals surface area contributed by atoms with Gasteiger partial charge in [0.2, 0.25) is 5.91 Å². The molecule has 1 aromatic carbocycles. The van der Waals surface area contributed by atoms with Crippen molar-refractivity contribution >= 4 is 18.0 Å². The van der Waals surface area contributed by atoms with Gasteiger partial charge >= 0.3 is 5.97 Å². The van der Waals surface area contributed by atoms with Gasteiger partial charge in [-0.1, -0.05) is 55.3 Å². The highest BCUT2D eigenvalue weighted by Crippen LogP contribution is 2.21. The summed E-state index contributed by atoms with van der Waals surface area (Å²) in [5.74, 6) is -1.57. The number of aliphatic carboxylic acids is 1. The van der Waals surface area contributed by atoms with Crippen LogP contribution in [0.3, 0.4) is 0 Å². The molecule has 2 unspecified atom stereocenters. The number of likely N-dealkylation sites (tertiary alicyclic amines) is 1. The smallest absolute Gasteiger partial charge is 0.303 e. The molecule has 1 heterocycles. The molecule has 0 aromatic heterocycles. The largest absolute Gasteiger partial charge is 0.481 e. The zero-order valence-electron chi connectivity index (χ0n) is 14.5. The Bertz CT molecular complexity index is 585. The highest BCUT2D eigenvalue weighted by Gasteiger charge is 2.26. The van der Waals surface area contributed by atoms with E-state index in [1.807, 2.05) is 41.3 Å². The standard InChI is InChI=1S/C20H27NO4/c22-15-17(14-20(24)25)13-19(23)21-12-6-2-5-9-18(21)11-10-16-7-3-1-4-8-16/h1,3-4,7-8,10-11,17-18,22H,2,5-6,9,12-15H2,(H,24,25)/b11-10+. The summed E-state index contributed by atoms with van der Waals surface area (Å²) in [6, 6.07) is 10.00. The molecule has 1 saturated heterocycles. The molecule has 2 rings (SSSR count). The maximum Gasteiger partial charge on any atom is 0.303 e. The molecule has 0 bridgehead atoms. The lowest BCUT2D eigenvalue weighted by atomic mass is 10.0. The number of benzene rings is 1. The van der Waals surface area contributed by atoms with Crippen LogP contribution in [0.5, 0.6) is 0 Å². The van der Waals surface area contributed by atoms with Crippen molar-refractivity contribution < 1.29 is 19.8 Å². The summed E-state index contributed by atoms with van der Waals surface area (Å²) in [5.41, 5.74) is 1.10. The molecule has 2 N–H and O–H groups in total. The zero-order chi connectivity index (χ0) is 18.1. The fourth-order valence-corrected chi connectivity index (χ4v) is 3.24. The molecule has 0 saturated carbocycles. The van der Waals surface area contributed by atoms with Crippen LogP contribution in [-0.4, -0.2) is 46.2 Å². The van der Waals surface area contributed by atoms with Crippen molar-refractivity contribution in [2.75, 3.05) is 13.2 Å². The van der Waals surface area contributed by atoms with Crippen molar-refractivity contribution in [3.63, 3.8) is 0 Å². The van der Waals surface area contributed by atoms with Gasteiger partial charge in [-0.25, -0.2) is 0 Å². The fourth-order valence-electron chi connectivity index (χ4n) is 3.24. The molecule has 5 heteroatoms. The average molecular weight is 345 g/mol. The van der Waals surface area contributed by atoms with E-state index < -0.39 is 11.9 Å². The van der Waals surface area contributed by atoms with Gasteiger partial charge in [0.1, 0.15) is 0 Å². The Kier molecular flexibility index (Phi) is 7.67. The summed E-state index contributed by atoms with van der Waals surface area (Å²) in [7, 11) is 0. The van der Waals surface area contributed by atoms with Crippen LogP contribution in [0.2, 0.25) is 0 Å². The normalized spacial score (nSPS) is 19.6. The summed E-state index contributed by atoms with van der Waals surface area (Å²) >= 11 is 0. The highest BCUT2D eigenvalue weighted by molar-refractivity contribution is 5.78. The second-order valence-corrected chi connectivity index (χ2v) is 6.62. The van der Waals surface area contributed by atoms with Crippen LogP contribution in [0.25, 0.3) is 6.08 Å². The number of carbonyl (C=O) groups excluding carboxylic acids is 1. The second-order valence-electron chi connectivity index (χ2n) is 6.62. The molecular weight excluding hydrogens is 318 g/mol. The van der Waals surface area contributed by atoms with Gasteiger partial charge < -0.3 is 15.1 Å². The topological polar surface area (TPSA) is 77.8 Å². The average Bonchev–Trinajstić information content (AvgIpc) is 2.85. The summed E-state index contributed by atoms with van der Waals surface area (Å²) in [4.78, 5) is 25.4. The van der Waals surface area contributed by atoms with Crippen molar-refractivity contribution in [2.45, 2.75) is 44.6 Å². The Morgan fingerprint density at radius 1 is 1.16 bits per heavy atom. The molecule has 25 heavy (non-hydrogen) atoms. The zero-order valence-corrected chi connectivity index (χ0v) is 14.5. The predicted molar refractivity (Wildman–Crippen MR) is 96.9 cm³/mol. The first-order valence-electron chi connectivity index (χ1n) is 8.95. The summed E-state index contributed by atoms with van der Waals surface area (Å²) < 4.78 is 0. The molecule has 0 aliphatic carbocycles. The first-order valence-corrected chi connectivity index (χ1v) is 8.95. The van der Waals surface area contributed by atoms with Gasteiger partial charge in [0.05, 0.1) is 12.5 Å². The number of carbonyl (C=O) groups is 2. The van der Waals surface area contributed by atoms with Gasteiger partial charge in [-0.05, 0) is 18.4 Å². The molecule has 1 aliphatic rings. The molecular formula is C20H27NO4. The van der Waals surface area contributed by atoms with E-state index >= 15 is 0 Å².